The number of carboxylic acids is 2. The van der Waals surface area contributed by atoms with Crippen LogP contribution in [0.25, 0.3) is 11.0 Å². The zero-order valence-corrected chi connectivity index (χ0v) is 35.6. The molecule has 60 heavy (non-hydrogen) atoms. The van der Waals surface area contributed by atoms with E-state index < -0.39 is 35.6 Å². The Morgan fingerprint density at radius 2 is 1.68 bits per heavy atom. The van der Waals surface area contributed by atoms with E-state index >= 15 is 0 Å². The molecule has 0 bridgehead atoms. The number of anilines is 2. The van der Waals surface area contributed by atoms with E-state index in [2.05, 4.69) is 62.1 Å². The molecule has 1 fully saturated rings. The van der Waals surface area contributed by atoms with Crippen LogP contribution >= 0.6 is 11.8 Å². The van der Waals surface area contributed by atoms with Gasteiger partial charge in [0.25, 0.3) is 0 Å². The first kappa shape index (κ1) is 47.9. The van der Waals surface area contributed by atoms with Gasteiger partial charge in [-0.2, -0.15) is 4.98 Å². The lowest BCUT2D eigenvalue weighted by Gasteiger charge is -2.35. The van der Waals surface area contributed by atoms with Crippen LogP contribution in [0, 0.1) is 6.92 Å². The molecule has 18 nitrogen and oxygen atoms in total. The molecular formula is C41H61N9O9S. The number of aryl methyl sites for hydroxylation is 1. The number of hydrogen-bond donors (Lipinski definition) is 6. The van der Waals surface area contributed by atoms with E-state index in [1.807, 2.05) is 17.2 Å². The second-order valence-corrected chi connectivity index (χ2v) is 16.1. The number of ketones is 1. The van der Waals surface area contributed by atoms with Crippen molar-refractivity contribution in [3.8, 4) is 0 Å². The molecule has 2 atom stereocenters. The number of nitrogens with zero attached hydrogens (tertiary/aromatic N) is 5. The van der Waals surface area contributed by atoms with E-state index in [0.717, 1.165) is 74.1 Å². The number of thioether (sulfide) groups is 1. The molecule has 3 heterocycles. The molecule has 0 aliphatic carbocycles. The summed E-state index contributed by atoms with van der Waals surface area (Å²) in [4.78, 5) is 72.7. The van der Waals surface area contributed by atoms with Crippen LogP contribution in [0.3, 0.4) is 0 Å². The molecule has 0 saturated carbocycles. The number of amides is 2. The van der Waals surface area contributed by atoms with Gasteiger partial charge in [-0.05, 0) is 42.5 Å². The van der Waals surface area contributed by atoms with E-state index in [1.165, 1.54) is 16.7 Å². The van der Waals surface area contributed by atoms with E-state index in [0.29, 0.717) is 45.9 Å². The summed E-state index contributed by atoms with van der Waals surface area (Å²) in [6.45, 7) is 10.5. The predicted octanol–water partition coefficient (Wildman–Crippen LogP) is 2.49. The van der Waals surface area contributed by atoms with Gasteiger partial charge in [0, 0.05) is 70.8 Å². The minimum absolute atomic E-state index is 0.0584. The molecule has 4 rings (SSSR count). The Morgan fingerprint density at radius 3 is 2.38 bits per heavy atom. The van der Waals surface area contributed by atoms with Crippen LogP contribution in [0.4, 0.5) is 11.8 Å². The second-order valence-electron chi connectivity index (χ2n) is 14.9. The number of carboxylic acid groups (broad SMARTS) is 2. The average molecular weight is 856 g/mol. The normalized spacial score (nSPS) is 14.2. The van der Waals surface area contributed by atoms with Crippen LogP contribution in [0.1, 0.15) is 68.6 Å². The van der Waals surface area contributed by atoms with E-state index in [1.54, 1.807) is 0 Å². The van der Waals surface area contributed by atoms with Crippen molar-refractivity contribution in [2.24, 2.45) is 5.73 Å². The molecule has 1 aromatic carbocycles. The highest BCUT2D eigenvalue weighted by atomic mass is 32.2. The number of nitrogen functional groups attached to an aromatic ring is 1. The lowest BCUT2D eigenvalue weighted by Crippen LogP contribution is -2.48. The van der Waals surface area contributed by atoms with Gasteiger partial charge in [-0.25, -0.2) is 4.98 Å². The number of hydrogen-bond acceptors (Lipinski definition) is 14. The van der Waals surface area contributed by atoms with Crippen molar-refractivity contribution >= 4 is 64.1 Å². The van der Waals surface area contributed by atoms with Crippen molar-refractivity contribution in [1.29, 1.82) is 0 Å². The third-order valence-corrected chi connectivity index (χ3v) is 11.4. The highest BCUT2D eigenvalue weighted by Gasteiger charge is 2.25. The monoisotopic (exact) mass is 855 g/mol. The third kappa shape index (κ3) is 16.0. The summed E-state index contributed by atoms with van der Waals surface area (Å²) < 4.78 is 13.3. The Labute approximate surface area is 355 Å². The van der Waals surface area contributed by atoms with Gasteiger partial charge in [0.2, 0.25) is 17.8 Å². The number of ether oxygens (including phenoxy) is 2. The number of aliphatic carboxylic acids is 2. The summed E-state index contributed by atoms with van der Waals surface area (Å²) in [6, 6.07) is 7.36. The number of unbranched alkanes of at least 4 members (excludes halogenated alkanes) is 2. The smallest absolute Gasteiger partial charge is 0.321 e. The number of benzene rings is 1. The van der Waals surface area contributed by atoms with Gasteiger partial charge in [0.1, 0.15) is 11.6 Å². The molecule has 330 valence electrons. The summed E-state index contributed by atoms with van der Waals surface area (Å²) in [5, 5.41) is 22.8. The quantitative estimate of drug-likeness (QED) is 0.0574. The highest BCUT2D eigenvalue weighted by Crippen LogP contribution is 2.25. The first-order valence-corrected chi connectivity index (χ1v) is 21.6. The number of aromatic nitrogens is 3. The lowest BCUT2D eigenvalue weighted by atomic mass is 10.0. The maximum Gasteiger partial charge on any atom is 0.321 e. The van der Waals surface area contributed by atoms with Crippen LogP contribution in [0.5, 0.6) is 0 Å². The first-order valence-electron chi connectivity index (χ1n) is 20.6. The number of fused-ring (bicyclic) bond motifs is 1. The first-order chi connectivity index (χ1) is 28.8. The zero-order valence-electron chi connectivity index (χ0n) is 34.7. The number of piperazine rings is 1. The molecule has 8 N–H and O–H groups in total. The lowest BCUT2D eigenvalue weighted by molar-refractivity contribution is -0.138. The average Bonchev–Trinajstić information content (AvgIpc) is 3.62. The van der Waals surface area contributed by atoms with Crippen molar-refractivity contribution in [3.05, 3.63) is 47.2 Å². The minimum atomic E-state index is -1.26. The number of carbonyl (C=O) groups excluding carboxylic acids is 3. The van der Waals surface area contributed by atoms with Crippen LogP contribution in [-0.2, 0) is 46.5 Å². The van der Waals surface area contributed by atoms with Crippen LogP contribution in [0.15, 0.2) is 30.5 Å². The molecule has 0 radical (unpaired) electrons. The molecule has 1 aliphatic heterocycles. The number of nitrogens with two attached hydrogens (primary N) is 2. The Balaban J connectivity index is 1.06. The van der Waals surface area contributed by atoms with Crippen molar-refractivity contribution in [1.82, 2.24) is 29.7 Å². The molecule has 2 aromatic heterocycles. The number of nitrogens with one attached hydrogen (secondary N) is 2. The third-order valence-electron chi connectivity index (χ3n) is 10.1. The molecule has 1 aliphatic rings. The van der Waals surface area contributed by atoms with Crippen LogP contribution in [0.2, 0.25) is 0 Å². The van der Waals surface area contributed by atoms with Gasteiger partial charge in [0.05, 0.1) is 50.0 Å². The summed E-state index contributed by atoms with van der Waals surface area (Å²) in [5.41, 5.74) is 16.9. The van der Waals surface area contributed by atoms with Crippen molar-refractivity contribution < 1.29 is 43.7 Å². The predicted molar refractivity (Wildman–Crippen MR) is 230 cm³/mol. The Bertz CT molecular complexity index is 1890. The Kier molecular flexibility index (Phi) is 20.0. The van der Waals surface area contributed by atoms with Gasteiger partial charge in [-0.3, -0.25) is 28.9 Å². The Hall–Kier alpha value is -4.82. The largest absolute Gasteiger partial charge is 0.481 e. The summed E-state index contributed by atoms with van der Waals surface area (Å²) in [6.07, 6.45) is 5.72. The maximum absolute atomic E-state index is 12.8. The Morgan fingerprint density at radius 1 is 0.933 bits per heavy atom. The van der Waals surface area contributed by atoms with Gasteiger partial charge in [0.15, 0.2) is 11.6 Å². The number of rotatable bonds is 28. The molecule has 0 spiro atoms. The summed E-state index contributed by atoms with van der Waals surface area (Å²) in [5.74, 6) is -2.48. The SMILES string of the molecule is CCCCCNc1nc(N)nc2ccn(Cc3ccc(CN4CCN(C(=O)CCOCCOCCCC(=O)CNC(=O)[C@@H](CC(=O)O)SC[C@H](N)C(=O)O)CC4)cc3C)c12. The standard InChI is InChI=1S/C41H61N9O9S/c1-3-4-5-12-44-38-37-33(46-41(43)47-38)10-13-50(37)26-30-9-8-29(22-28(30)2)25-48-14-16-49(17-15-48)35(52)11-19-59-21-20-58-18-6-7-31(51)24-45-39(55)34(23-36(53)54)60-27-32(42)40(56)57/h8-10,13,22,32,34H,3-7,11-12,14-21,23-27,42H2,1-2H3,(H,45,55)(H,53,54)(H,56,57)(H3,43,44,46,47)/t32-,34+/m0/s1. The fourth-order valence-electron chi connectivity index (χ4n) is 6.67. The minimum Gasteiger partial charge on any atom is -0.481 e. The van der Waals surface area contributed by atoms with Gasteiger partial charge in [-0.1, -0.05) is 38.0 Å². The fourth-order valence-corrected chi connectivity index (χ4v) is 7.75. The van der Waals surface area contributed by atoms with E-state index in [-0.39, 0.29) is 49.4 Å². The van der Waals surface area contributed by atoms with Crippen LogP contribution in [-0.4, -0.2) is 147 Å². The zero-order chi connectivity index (χ0) is 43.4. The molecule has 3 aromatic rings. The van der Waals surface area contributed by atoms with E-state index in [4.69, 9.17) is 31.2 Å². The van der Waals surface area contributed by atoms with Gasteiger partial charge >= 0.3 is 11.9 Å². The molecule has 1 saturated heterocycles. The van der Waals surface area contributed by atoms with Crippen molar-refractivity contribution in [3.63, 3.8) is 0 Å². The highest BCUT2D eigenvalue weighted by molar-refractivity contribution is 8.00. The number of Topliss-reactive ketones (excluding diaryl/α,β-unsaturated/α-hetero) is 1. The van der Waals surface area contributed by atoms with E-state index in [9.17, 15) is 24.0 Å². The summed E-state index contributed by atoms with van der Waals surface area (Å²) in [7, 11) is 0. The maximum atomic E-state index is 12.8. The van der Waals surface area contributed by atoms with Crippen LogP contribution < -0.4 is 22.1 Å². The molecule has 19 heteroatoms. The number of carbonyl (C=O) groups is 5. The van der Waals surface area contributed by atoms with Crippen molar-refractivity contribution in [2.45, 2.75) is 83.2 Å². The summed E-state index contributed by atoms with van der Waals surface area (Å²) >= 11 is 0.820. The second kappa shape index (κ2) is 25.1. The van der Waals surface area contributed by atoms with Gasteiger partial charge in [-0.15, -0.1) is 11.8 Å². The molecule has 2 amide bonds. The fraction of sp³-hybridized carbons (Fsp3) is 0.585. The molecular weight excluding hydrogens is 795 g/mol. The topological polar surface area (TPSA) is 258 Å². The molecule has 0 unspecified atom stereocenters. The van der Waals surface area contributed by atoms with Crippen molar-refractivity contribution in [2.75, 3.05) is 82.5 Å². The van der Waals surface area contributed by atoms with Gasteiger partial charge < -0.3 is 51.3 Å².